The summed E-state index contributed by atoms with van der Waals surface area (Å²) >= 11 is 6.20. The lowest BCUT2D eigenvalue weighted by Crippen LogP contribution is -2.32. The van der Waals surface area contributed by atoms with Crippen molar-refractivity contribution in [3.8, 4) is 0 Å². The molecule has 0 saturated heterocycles. The van der Waals surface area contributed by atoms with E-state index < -0.39 is 15.8 Å². The highest BCUT2D eigenvalue weighted by Gasteiger charge is 2.27. The maximum Gasteiger partial charge on any atom is 0.252 e. The van der Waals surface area contributed by atoms with E-state index in [1.807, 2.05) is 26.0 Å². The van der Waals surface area contributed by atoms with Crippen molar-refractivity contribution in [3.05, 3.63) is 110 Å². The Labute approximate surface area is 202 Å². The normalized spacial score (nSPS) is 11.9. The first kappa shape index (κ1) is 24.1. The summed E-state index contributed by atoms with van der Waals surface area (Å²) in [6, 6.07) is 15.8. The number of sulfonamides is 1. The average molecular weight is 499 g/mol. The van der Waals surface area contributed by atoms with Gasteiger partial charge in [-0.15, -0.1) is 0 Å². The van der Waals surface area contributed by atoms with E-state index in [2.05, 4.69) is 4.98 Å². The molecular weight excluding hydrogens is 475 g/mol. The van der Waals surface area contributed by atoms with Gasteiger partial charge in [0.2, 0.25) is 10.0 Å². The maximum atomic E-state index is 13.6. The Balaban J connectivity index is 1.81. The SMILES string of the molecule is Cc1cc(C)c2[nH]c(=O)c(CN(Cc3ccc(F)cc3)S(=O)(=O)c3ccc(C)c(Cl)c3)cc2c1. The number of nitrogens with one attached hydrogen (secondary N) is 1. The maximum absolute atomic E-state index is 13.6. The van der Waals surface area contributed by atoms with Crippen molar-refractivity contribution < 1.29 is 12.8 Å². The van der Waals surface area contributed by atoms with Crippen molar-refractivity contribution in [2.24, 2.45) is 0 Å². The van der Waals surface area contributed by atoms with Crippen LogP contribution in [0.15, 0.2) is 70.4 Å². The molecule has 0 aliphatic heterocycles. The van der Waals surface area contributed by atoms with E-state index in [-0.39, 0.29) is 23.5 Å². The summed E-state index contributed by atoms with van der Waals surface area (Å²) in [5, 5.41) is 1.15. The smallest absolute Gasteiger partial charge is 0.252 e. The fourth-order valence-electron chi connectivity index (χ4n) is 3.94. The van der Waals surface area contributed by atoms with Gasteiger partial charge in [0.25, 0.3) is 5.56 Å². The quantitative estimate of drug-likeness (QED) is 0.374. The molecule has 0 radical (unpaired) electrons. The van der Waals surface area contributed by atoms with E-state index in [0.717, 1.165) is 27.6 Å². The highest BCUT2D eigenvalue weighted by atomic mass is 35.5. The zero-order valence-corrected chi connectivity index (χ0v) is 20.6. The zero-order chi connectivity index (χ0) is 24.6. The molecular formula is C26H24ClFN2O3S. The molecule has 3 aromatic carbocycles. The lowest BCUT2D eigenvalue weighted by molar-refractivity contribution is 0.399. The van der Waals surface area contributed by atoms with E-state index in [1.165, 1.54) is 40.7 Å². The number of aromatic amines is 1. The second-order valence-corrected chi connectivity index (χ2v) is 10.8. The molecule has 4 rings (SSSR count). The monoisotopic (exact) mass is 498 g/mol. The Morgan fingerprint density at radius 2 is 1.62 bits per heavy atom. The molecule has 34 heavy (non-hydrogen) atoms. The third-order valence-electron chi connectivity index (χ3n) is 5.77. The van der Waals surface area contributed by atoms with Gasteiger partial charge in [-0.3, -0.25) is 4.79 Å². The molecule has 0 saturated carbocycles. The second kappa shape index (κ2) is 9.33. The Kier molecular flexibility index (Phi) is 6.62. The van der Waals surface area contributed by atoms with E-state index >= 15 is 0 Å². The highest BCUT2D eigenvalue weighted by Crippen LogP contribution is 2.26. The third kappa shape index (κ3) is 4.92. The van der Waals surface area contributed by atoms with Gasteiger partial charge in [-0.05, 0) is 79.2 Å². The molecule has 5 nitrogen and oxygen atoms in total. The lowest BCUT2D eigenvalue weighted by atomic mass is 10.1. The van der Waals surface area contributed by atoms with Crippen LogP contribution in [-0.2, 0) is 23.1 Å². The lowest BCUT2D eigenvalue weighted by Gasteiger charge is -2.23. The molecule has 0 bridgehead atoms. The summed E-state index contributed by atoms with van der Waals surface area (Å²) < 4.78 is 41.9. The molecule has 8 heteroatoms. The first-order valence-electron chi connectivity index (χ1n) is 10.7. The number of pyridine rings is 1. The van der Waals surface area contributed by atoms with Crippen LogP contribution in [0.5, 0.6) is 0 Å². The van der Waals surface area contributed by atoms with Crippen LogP contribution in [0, 0.1) is 26.6 Å². The minimum Gasteiger partial charge on any atom is -0.321 e. The summed E-state index contributed by atoms with van der Waals surface area (Å²) in [6.45, 7) is 5.45. The largest absolute Gasteiger partial charge is 0.321 e. The molecule has 176 valence electrons. The van der Waals surface area contributed by atoms with Crippen molar-refractivity contribution in [2.45, 2.75) is 38.8 Å². The van der Waals surface area contributed by atoms with Gasteiger partial charge in [0.15, 0.2) is 0 Å². The number of aryl methyl sites for hydroxylation is 3. The predicted molar refractivity (Wildman–Crippen MR) is 133 cm³/mol. The molecule has 1 aromatic heterocycles. The first-order chi connectivity index (χ1) is 16.0. The van der Waals surface area contributed by atoms with Crippen LogP contribution >= 0.6 is 11.6 Å². The van der Waals surface area contributed by atoms with Crippen LogP contribution in [0.3, 0.4) is 0 Å². The molecule has 0 fully saturated rings. The van der Waals surface area contributed by atoms with Gasteiger partial charge in [-0.2, -0.15) is 4.31 Å². The number of rotatable bonds is 6. The van der Waals surface area contributed by atoms with E-state index in [9.17, 15) is 17.6 Å². The van der Waals surface area contributed by atoms with Gasteiger partial charge in [-0.25, -0.2) is 12.8 Å². The summed E-state index contributed by atoms with van der Waals surface area (Å²) in [6.07, 6.45) is 0. The number of hydrogen-bond donors (Lipinski definition) is 1. The van der Waals surface area contributed by atoms with Gasteiger partial charge in [0.1, 0.15) is 5.82 Å². The van der Waals surface area contributed by atoms with Crippen molar-refractivity contribution >= 4 is 32.5 Å². The number of H-pyrrole nitrogens is 1. The Morgan fingerprint density at radius 1 is 0.912 bits per heavy atom. The number of nitrogens with zero attached hydrogens (tertiary/aromatic N) is 1. The third-order valence-corrected chi connectivity index (χ3v) is 7.97. The molecule has 0 unspecified atom stereocenters. The average Bonchev–Trinajstić information content (AvgIpc) is 2.77. The van der Waals surface area contributed by atoms with E-state index in [0.29, 0.717) is 16.1 Å². The topological polar surface area (TPSA) is 70.2 Å². The van der Waals surface area contributed by atoms with Crippen LogP contribution in [0.1, 0.15) is 27.8 Å². The van der Waals surface area contributed by atoms with Crippen LogP contribution in [-0.4, -0.2) is 17.7 Å². The zero-order valence-electron chi connectivity index (χ0n) is 19.0. The van der Waals surface area contributed by atoms with Gasteiger partial charge in [-0.1, -0.05) is 41.4 Å². The van der Waals surface area contributed by atoms with Gasteiger partial charge >= 0.3 is 0 Å². The minimum absolute atomic E-state index is 0.0223. The Morgan fingerprint density at radius 3 is 2.29 bits per heavy atom. The number of fused-ring (bicyclic) bond motifs is 1. The fourth-order valence-corrected chi connectivity index (χ4v) is 5.62. The molecule has 0 aliphatic carbocycles. The standard InChI is InChI=1S/C26H24ClFN2O3S/c1-16-10-18(3)25-20(11-16)12-21(26(31)29-25)15-30(14-19-5-7-22(28)8-6-19)34(32,33)23-9-4-17(2)24(27)13-23/h4-13H,14-15H2,1-3H3,(H,29,31). The molecule has 0 amide bonds. The summed E-state index contributed by atoms with van der Waals surface area (Å²) in [7, 11) is -4.03. The van der Waals surface area contributed by atoms with Crippen LogP contribution in [0.25, 0.3) is 10.9 Å². The first-order valence-corrected chi connectivity index (χ1v) is 12.5. The van der Waals surface area contributed by atoms with Gasteiger partial charge in [0.05, 0.1) is 10.4 Å². The number of benzene rings is 3. The highest BCUT2D eigenvalue weighted by molar-refractivity contribution is 7.89. The molecule has 0 spiro atoms. The summed E-state index contributed by atoms with van der Waals surface area (Å²) in [5.41, 5.74) is 3.98. The Bertz CT molecular complexity index is 1550. The number of hydrogen-bond acceptors (Lipinski definition) is 3. The molecule has 0 atom stereocenters. The van der Waals surface area contributed by atoms with E-state index in [4.69, 9.17) is 11.6 Å². The summed E-state index contributed by atoms with van der Waals surface area (Å²) in [5.74, 6) is -0.416. The molecule has 1 N–H and O–H groups in total. The van der Waals surface area contributed by atoms with Crippen LogP contribution < -0.4 is 5.56 Å². The van der Waals surface area contributed by atoms with Crippen LogP contribution in [0.4, 0.5) is 4.39 Å². The fraction of sp³-hybridized carbons (Fsp3) is 0.192. The van der Waals surface area contributed by atoms with Gasteiger partial charge < -0.3 is 4.98 Å². The number of halogens is 2. The van der Waals surface area contributed by atoms with Crippen molar-refractivity contribution in [1.82, 2.24) is 9.29 Å². The van der Waals surface area contributed by atoms with Crippen molar-refractivity contribution in [2.75, 3.05) is 0 Å². The predicted octanol–water partition coefficient (Wildman–Crippen LogP) is 5.64. The Hall–Kier alpha value is -3.00. The molecule has 1 heterocycles. The van der Waals surface area contributed by atoms with Gasteiger partial charge in [0, 0.05) is 23.7 Å². The molecule has 4 aromatic rings. The van der Waals surface area contributed by atoms with Crippen LogP contribution in [0.2, 0.25) is 5.02 Å². The number of aromatic nitrogens is 1. The van der Waals surface area contributed by atoms with Crippen molar-refractivity contribution in [1.29, 1.82) is 0 Å². The minimum atomic E-state index is -4.03. The van der Waals surface area contributed by atoms with E-state index in [1.54, 1.807) is 19.1 Å². The second-order valence-electron chi connectivity index (χ2n) is 8.48. The summed E-state index contributed by atoms with van der Waals surface area (Å²) in [4.78, 5) is 15.8. The van der Waals surface area contributed by atoms with Crippen molar-refractivity contribution in [3.63, 3.8) is 0 Å². The molecule has 0 aliphatic rings.